The highest BCUT2D eigenvalue weighted by molar-refractivity contribution is 7.99. The standard InChI is InChI=1S/C26H34N2O2S2/c1-5-6-7-8-11-14-31-26-27-24-23(19-15-21(17(2)3)30-16-22(19)32-24)25(29)28(26)20-13-10-9-12-18(20)4/h9-10,12-13,17,21H,5-8,11,14-16H2,1-4H3. The van der Waals surface area contributed by atoms with Gasteiger partial charge >= 0.3 is 0 Å². The number of ether oxygens (including phenoxy) is 1. The van der Waals surface area contributed by atoms with Crippen LogP contribution in [-0.4, -0.2) is 21.4 Å². The van der Waals surface area contributed by atoms with Gasteiger partial charge in [-0.15, -0.1) is 11.3 Å². The molecule has 3 heterocycles. The molecule has 6 heteroatoms. The van der Waals surface area contributed by atoms with E-state index in [-0.39, 0.29) is 11.7 Å². The smallest absolute Gasteiger partial charge is 0.267 e. The van der Waals surface area contributed by atoms with Gasteiger partial charge in [0.1, 0.15) is 4.83 Å². The van der Waals surface area contributed by atoms with Crippen LogP contribution in [0.15, 0.2) is 34.2 Å². The Morgan fingerprint density at radius 3 is 2.75 bits per heavy atom. The molecule has 2 aromatic heterocycles. The SMILES string of the molecule is CCCCCCCSc1nc2sc3c(c2c(=O)n1-c1ccccc1C)CC(C(C)C)OC3. The molecule has 0 aliphatic carbocycles. The van der Waals surface area contributed by atoms with Crippen LogP contribution in [-0.2, 0) is 17.8 Å². The molecule has 32 heavy (non-hydrogen) atoms. The zero-order valence-corrected chi connectivity index (χ0v) is 21.3. The van der Waals surface area contributed by atoms with Crippen molar-refractivity contribution in [1.82, 2.24) is 9.55 Å². The molecule has 1 aromatic carbocycles. The fourth-order valence-corrected chi connectivity index (χ4v) is 6.50. The minimum absolute atomic E-state index is 0.0692. The number of para-hydroxylation sites is 1. The van der Waals surface area contributed by atoms with Gasteiger partial charge in [-0.05, 0) is 36.5 Å². The maximum atomic E-state index is 14.0. The number of thiophene rings is 1. The Morgan fingerprint density at radius 2 is 2.00 bits per heavy atom. The molecule has 0 spiro atoms. The molecule has 4 nitrogen and oxygen atoms in total. The van der Waals surface area contributed by atoms with Gasteiger partial charge in [0.15, 0.2) is 5.16 Å². The van der Waals surface area contributed by atoms with Crippen LogP contribution in [0.2, 0.25) is 0 Å². The summed E-state index contributed by atoms with van der Waals surface area (Å²) in [7, 11) is 0. The molecule has 0 saturated heterocycles. The van der Waals surface area contributed by atoms with Gasteiger partial charge in [0.25, 0.3) is 5.56 Å². The molecule has 0 radical (unpaired) electrons. The van der Waals surface area contributed by atoms with E-state index >= 15 is 0 Å². The molecule has 0 bridgehead atoms. The van der Waals surface area contributed by atoms with Crippen LogP contribution < -0.4 is 5.56 Å². The molecule has 1 unspecified atom stereocenters. The van der Waals surface area contributed by atoms with E-state index in [0.717, 1.165) is 50.8 Å². The van der Waals surface area contributed by atoms with Crippen LogP contribution in [0.5, 0.6) is 0 Å². The predicted molar refractivity (Wildman–Crippen MR) is 137 cm³/mol. The highest BCUT2D eigenvalue weighted by atomic mass is 32.2. The van der Waals surface area contributed by atoms with Gasteiger partial charge in [0.2, 0.25) is 0 Å². The molecule has 1 aliphatic heterocycles. The van der Waals surface area contributed by atoms with Gasteiger partial charge in [-0.2, -0.15) is 0 Å². The van der Waals surface area contributed by atoms with Gasteiger partial charge in [0.05, 0.1) is 23.8 Å². The van der Waals surface area contributed by atoms with Gasteiger partial charge in [-0.25, -0.2) is 4.98 Å². The van der Waals surface area contributed by atoms with Gasteiger partial charge in [-0.3, -0.25) is 9.36 Å². The number of unbranched alkanes of at least 4 members (excludes halogenated alkanes) is 4. The summed E-state index contributed by atoms with van der Waals surface area (Å²) in [6.07, 6.45) is 7.16. The maximum Gasteiger partial charge on any atom is 0.267 e. The van der Waals surface area contributed by atoms with E-state index in [4.69, 9.17) is 9.72 Å². The van der Waals surface area contributed by atoms with E-state index in [0.29, 0.717) is 12.5 Å². The van der Waals surface area contributed by atoms with E-state index < -0.39 is 0 Å². The lowest BCUT2D eigenvalue weighted by molar-refractivity contribution is 0.00200. The quantitative estimate of drug-likeness (QED) is 0.193. The largest absolute Gasteiger partial charge is 0.372 e. The summed E-state index contributed by atoms with van der Waals surface area (Å²) < 4.78 is 7.94. The molecule has 3 aromatic rings. The van der Waals surface area contributed by atoms with Crippen LogP contribution in [0, 0.1) is 12.8 Å². The van der Waals surface area contributed by atoms with Gasteiger partial charge in [0, 0.05) is 17.1 Å². The number of fused-ring (bicyclic) bond motifs is 3. The highest BCUT2D eigenvalue weighted by Crippen LogP contribution is 2.36. The third-order valence-electron chi connectivity index (χ3n) is 6.29. The average Bonchev–Trinajstić information content (AvgIpc) is 3.15. The first-order valence-corrected chi connectivity index (χ1v) is 13.7. The van der Waals surface area contributed by atoms with Crippen LogP contribution >= 0.6 is 23.1 Å². The van der Waals surface area contributed by atoms with Crippen molar-refractivity contribution in [3.05, 3.63) is 50.6 Å². The number of rotatable bonds is 9. The van der Waals surface area contributed by atoms with E-state index in [9.17, 15) is 4.79 Å². The third-order valence-corrected chi connectivity index (χ3v) is 8.41. The number of hydrogen-bond acceptors (Lipinski definition) is 5. The van der Waals surface area contributed by atoms with E-state index in [1.54, 1.807) is 23.1 Å². The zero-order chi connectivity index (χ0) is 22.7. The molecule has 0 amide bonds. The molecule has 172 valence electrons. The van der Waals surface area contributed by atoms with Crippen molar-refractivity contribution in [3.8, 4) is 5.69 Å². The molecule has 0 saturated carbocycles. The second kappa shape index (κ2) is 10.5. The number of aromatic nitrogens is 2. The first-order chi connectivity index (χ1) is 15.5. The minimum atomic E-state index is 0.0692. The molecular weight excluding hydrogens is 436 g/mol. The maximum absolute atomic E-state index is 14.0. The Morgan fingerprint density at radius 1 is 1.22 bits per heavy atom. The average molecular weight is 471 g/mol. The van der Waals surface area contributed by atoms with Gasteiger partial charge < -0.3 is 4.74 Å². The Balaban J connectivity index is 1.76. The second-order valence-electron chi connectivity index (χ2n) is 9.07. The molecule has 0 N–H and O–H groups in total. The van der Waals surface area contributed by atoms with E-state index in [1.807, 2.05) is 22.8 Å². The minimum Gasteiger partial charge on any atom is -0.372 e. The molecular formula is C26H34N2O2S2. The van der Waals surface area contributed by atoms with E-state index in [1.165, 1.54) is 30.6 Å². The summed E-state index contributed by atoms with van der Waals surface area (Å²) in [6, 6.07) is 8.13. The van der Waals surface area contributed by atoms with Crippen LogP contribution in [0.3, 0.4) is 0 Å². The molecule has 1 aliphatic rings. The first kappa shape index (κ1) is 23.5. The molecule has 4 rings (SSSR count). The Bertz CT molecular complexity index is 1130. The second-order valence-corrected chi connectivity index (χ2v) is 11.2. The Kier molecular flexibility index (Phi) is 7.74. The Hall–Kier alpha value is -1.63. The summed E-state index contributed by atoms with van der Waals surface area (Å²) in [4.78, 5) is 21.0. The summed E-state index contributed by atoms with van der Waals surface area (Å²) >= 11 is 3.35. The number of hydrogen-bond donors (Lipinski definition) is 0. The van der Waals surface area contributed by atoms with Crippen molar-refractivity contribution in [3.63, 3.8) is 0 Å². The highest BCUT2D eigenvalue weighted by Gasteiger charge is 2.28. The van der Waals surface area contributed by atoms with Crippen LogP contribution in [0.1, 0.15) is 68.9 Å². The van der Waals surface area contributed by atoms with E-state index in [2.05, 4.69) is 33.8 Å². The summed E-state index contributed by atoms with van der Waals surface area (Å²) in [6.45, 7) is 9.26. The fourth-order valence-electron chi connectivity index (χ4n) is 4.33. The lowest BCUT2D eigenvalue weighted by Gasteiger charge is -2.26. The topological polar surface area (TPSA) is 44.1 Å². The summed E-state index contributed by atoms with van der Waals surface area (Å²) in [5.41, 5.74) is 3.26. The fraction of sp³-hybridized carbons (Fsp3) is 0.538. The zero-order valence-electron chi connectivity index (χ0n) is 19.6. The van der Waals surface area contributed by atoms with Crippen molar-refractivity contribution in [2.24, 2.45) is 5.92 Å². The summed E-state index contributed by atoms with van der Waals surface area (Å²) in [5, 5.41) is 1.61. The predicted octanol–water partition coefficient (Wildman–Crippen LogP) is 6.92. The molecule has 1 atom stereocenters. The third kappa shape index (κ3) is 4.82. The molecule has 0 fully saturated rings. The van der Waals surface area contributed by atoms with Crippen molar-refractivity contribution in [2.75, 3.05) is 5.75 Å². The van der Waals surface area contributed by atoms with Crippen molar-refractivity contribution in [2.45, 2.75) is 84.1 Å². The van der Waals surface area contributed by atoms with Crippen LogP contribution in [0.4, 0.5) is 0 Å². The van der Waals surface area contributed by atoms with Crippen molar-refractivity contribution < 1.29 is 4.74 Å². The van der Waals surface area contributed by atoms with Crippen molar-refractivity contribution >= 4 is 33.3 Å². The van der Waals surface area contributed by atoms with Crippen molar-refractivity contribution in [1.29, 1.82) is 0 Å². The first-order valence-electron chi connectivity index (χ1n) is 11.9. The normalized spacial score (nSPS) is 16.1. The number of thioether (sulfide) groups is 1. The Labute approximate surface area is 199 Å². The number of nitrogens with zero attached hydrogens (tertiary/aromatic N) is 2. The number of aryl methyl sites for hydroxylation is 1. The lowest BCUT2D eigenvalue weighted by Crippen LogP contribution is -2.28. The lowest BCUT2D eigenvalue weighted by atomic mass is 9.96. The van der Waals surface area contributed by atoms with Crippen LogP contribution in [0.25, 0.3) is 15.9 Å². The summed E-state index contributed by atoms with van der Waals surface area (Å²) in [5.74, 6) is 1.41. The monoisotopic (exact) mass is 470 g/mol. The number of benzene rings is 1. The van der Waals surface area contributed by atoms with Gasteiger partial charge in [-0.1, -0.05) is 76.4 Å².